The predicted octanol–water partition coefficient (Wildman–Crippen LogP) is 2.95. The van der Waals surface area contributed by atoms with Crippen molar-refractivity contribution >= 4 is 29.5 Å². The summed E-state index contributed by atoms with van der Waals surface area (Å²) in [6, 6.07) is 6.20. The van der Waals surface area contributed by atoms with E-state index in [0.717, 1.165) is 11.8 Å². The van der Waals surface area contributed by atoms with Crippen LogP contribution in [-0.4, -0.2) is 27.1 Å². The Labute approximate surface area is 147 Å². The number of rotatable bonds is 6. The number of aryl methyl sites for hydroxylation is 1. The van der Waals surface area contributed by atoms with E-state index in [0.29, 0.717) is 15.6 Å². The third kappa shape index (κ3) is 4.45. The third-order valence-corrected chi connectivity index (χ3v) is 4.23. The van der Waals surface area contributed by atoms with Crippen LogP contribution in [0, 0.1) is 21.4 Å². The molecule has 0 saturated carbocycles. The second-order valence-electron chi connectivity index (χ2n) is 4.80. The maximum absolute atomic E-state index is 11.7. The first-order valence-corrected chi connectivity index (χ1v) is 8.00. The van der Waals surface area contributed by atoms with Crippen LogP contribution in [0.25, 0.3) is 6.08 Å². The third-order valence-electron chi connectivity index (χ3n) is 3.08. The molecule has 0 spiro atoms. The fraction of sp³-hybridized carbons (Fsp3) is 0.188. The van der Waals surface area contributed by atoms with Crippen LogP contribution in [-0.2, 0) is 16.6 Å². The van der Waals surface area contributed by atoms with E-state index in [1.807, 2.05) is 0 Å². The Morgan fingerprint density at radius 2 is 2.32 bits per heavy atom. The maximum Gasteiger partial charge on any atom is 0.348 e. The van der Waals surface area contributed by atoms with Crippen LogP contribution in [0.1, 0.15) is 12.5 Å². The van der Waals surface area contributed by atoms with Crippen molar-refractivity contribution in [2.75, 3.05) is 6.61 Å². The molecule has 0 amide bonds. The monoisotopic (exact) mass is 358 g/mol. The van der Waals surface area contributed by atoms with E-state index in [2.05, 4.69) is 4.98 Å². The van der Waals surface area contributed by atoms with Gasteiger partial charge >= 0.3 is 5.97 Å². The molecule has 128 valence electrons. The Morgan fingerprint density at radius 1 is 1.56 bits per heavy atom. The molecule has 0 N–H and O–H groups in total. The molecular weight excluding hydrogens is 344 g/mol. The summed E-state index contributed by atoms with van der Waals surface area (Å²) in [5, 5.41) is 21.0. The van der Waals surface area contributed by atoms with Gasteiger partial charge in [-0.15, -0.1) is 0 Å². The average molecular weight is 358 g/mol. The standard InChI is InChI=1S/C16H14N4O4S/c1-3-24-15(21)12(10-17)8-11-4-5-14(13(9-11)20(22)23)25-16-18-6-7-19(16)2/h4-9H,3H2,1-2H3. The number of nitro benzene ring substituents is 1. The van der Waals surface area contributed by atoms with Gasteiger partial charge in [0.2, 0.25) is 0 Å². The van der Waals surface area contributed by atoms with Crippen molar-refractivity contribution in [2.45, 2.75) is 17.0 Å². The van der Waals surface area contributed by atoms with Crippen LogP contribution in [0.5, 0.6) is 0 Å². The van der Waals surface area contributed by atoms with Crippen LogP contribution in [0.3, 0.4) is 0 Å². The molecule has 2 aromatic rings. The molecule has 1 aromatic carbocycles. The minimum atomic E-state index is -0.765. The maximum atomic E-state index is 11.7. The first-order chi connectivity index (χ1) is 12.0. The lowest BCUT2D eigenvalue weighted by Gasteiger charge is -2.05. The number of imidazole rings is 1. The quantitative estimate of drug-likeness (QED) is 0.256. The van der Waals surface area contributed by atoms with Crippen LogP contribution in [0.4, 0.5) is 5.69 Å². The zero-order valence-corrected chi connectivity index (χ0v) is 14.3. The number of aromatic nitrogens is 2. The van der Waals surface area contributed by atoms with Gasteiger partial charge in [0, 0.05) is 25.5 Å². The predicted molar refractivity (Wildman–Crippen MR) is 90.7 cm³/mol. The molecule has 1 aromatic heterocycles. The second-order valence-corrected chi connectivity index (χ2v) is 5.81. The fourth-order valence-electron chi connectivity index (χ4n) is 1.91. The van der Waals surface area contributed by atoms with Gasteiger partial charge in [-0.1, -0.05) is 6.07 Å². The molecule has 9 heteroatoms. The van der Waals surface area contributed by atoms with E-state index < -0.39 is 10.9 Å². The first-order valence-electron chi connectivity index (χ1n) is 7.18. The summed E-state index contributed by atoms with van der Waals surface area (Å²) < 4.78 is 6.52. The lowest BCUT2D eigenvalue weighted by atomic mass is 10.1. The summed E-state index contributed by atoms with van der Waals surface area (Å²) in [7, 11) is 1.79. The molecule has 0 radical (unpaired) electrons. The highest BCUT2D eigenvalue weighted by molar-refractivity contribution is 7.99. The summed E-state index contributed by atoms with van der Waals surface area (Å²) in [4.78, 5) is 27.0. The number of ether oxygens (including phenoxy) is 1. The molecule has 0 unspecified atom stereocenters. The lowest BCUT2D eigenvalue weighted by molar-refractivity contribution is -0.387. The van der Waals surface area contributed by atoms with Gasteiger partial charge in [0.25, 0.3) is 5.69 Å². The van der Waals surface area contributed by atoms with E-state index in [-0.39, 0.29) is 17.9 Å². The summed E-state index contributed by atoms with van der Waals surface area (Å²) in [6.07, 6.45) is 4.60. The fourth-order valence-corrected chi connectivity index (χ4v) is 2.80. The molecule has 2 rings (SSSR count). The van der Waals surface area contributed by atoms with Crippen molar-refractivity contribution < 1.29 is 14.5 Å². The lowest BCUT2D eigenvalue weighted by Crippen LogP contribution is -2.06. The minimum absolute atomic E-state index is 0.136. The highest BCUT2D eigenvalue weighted by Crippen LogP contribution is 2.34. The SMILES string of the molecule is CCOC(=O)C(C#N)=Cc1ccc(Sc2nccn2C)c([N+](=O)[O-])c1. The summed E-state index contributed by atoms with van der Waals surface area (Å²) in [6.45, 7) is 1.76. The highest BCUT2D eigenvalue weighted by atomic mass is 32.2. The van der Waals surface area contributed by atoms with Gasteiger partial charge in [0.05, 0.1) is 16.4 Å². The first kappa shape index (κ1) is 18.2. The van der Waals surface area contributed by atoms with Crippen LogP contribution < -0.4 is 0 Å². The smallest absolute Gasteiger partial charge is 0.348 e. The number of carbonyl (C=O) groups excluding carboxylic acids is 1. The molecule has 0 saturated heterocycles. The van der Waals surface area contributed by atoms with Crippen molar-refractivity contribution in [2.24, 2.45) is 7.05 Å². The molecular formula is C16H14N4O4S. The largest absolute Gasteiger partial charge is 0.462 e. The number of hydrogen-bond donors (Lipinski definition) is 0. The van der Waals surface area contributed by atoms with Gasteiger partial charge in [-0.2, -0.15) is 5.26 Å². The molecule has 0 aliphatic heterocycles. The van der Waals surface area contributed by atoms with Gasteiger partial charge in [-0.25, -0.2) is 9.78 Å². The van der Waals surface area contributed by atoms with Gasteiger partial charge in [-0.3, -0.25) is 10.1 Å². The minimum Gasteiger partial charge on any atom is -0.462 e. The van der Waals surface area contributed by atoms with Crippen LogP contribution in [0.2, 0.25) is 0 Å². The van der Waals surface area contributed by atoms with Crippen molar-refractivity contribution in [3.05, 3.63) is 51.8 Å². The van der Waals surface area contributed by atoms with Gasteiger partial charge in [-0.05, 0) is 36.4 Å². The number of nitro groups is 1. The second kappa shape index (κ2) is 8.12. The molecule has 0 fully saturated rings. The normalized spacial score (nSPS) is 11.0. The zero-order chi connectivity index (χ0) is 18.4. The average Bonchev–Trinajstić information content (AvgIpc) is 2.98. The van der Waals surface area contributed by atoms with Crippen LogP contribution >= 0.6 is 11.8 Å². The van der Waals surface area contributed by atoms with Crippen molar-refractivity contribution in [1.82, 2.24) is 9.55 Å². The van der Waals surface area contributed by atoms with Gasteiger partial charge < -0.3 is 9.30 Å². The number of benzene rings is 1. The number of nitriles is 1. The van der Waals surface area contributed by atoms with E-state index in [1.54, 1.807) is 49.1 Å². The Kier molecular flexibility index (Phi) is 5.92. The number of esters is 1. The number of hydrogen-bond acceptors (Lipinski definition) is 7. The van der Waals surface area contributed by atoms with E-state index in [4.69, 9.17) is 10.00 Å². The highest BCUT2D eigenvalue weighted by Gasteiger charge is 2.18. The van der Waals surface area contributed by atoms with Gasteiger partial charge in [0.15, 0.2) is 5.16 Å². The molecule has 0 aliphatic rings. The van der Waals surface area contributed by atoms with Crippen LogP contribution in [0.15, 0.2) is 46.2 Å². The Bertz CT molecular complexity index is 883. The Balaban J connectivity index is 2.39. The zero-order valence-electron chi connectivity index (χ0n) is 13.5. The van der Waals surface area contributed by atoms with Gasteiger partial charge in [0.1, 0.15) is 11.6 Å². The van der Waals surface area contributed by atoms with Crippen molar-refractivity contribution in [3.8, 4) is 6.07 Å². The van der Waals surface area contributed by atoms with E-state index in [9.17, 15) is 14.9 Å². The Morgan fingerprint density at radius 3 is 2.88 bits per heavy atom. The summed E-state index contributed by atoms with van der Waals surface area (Å²) in [5.74, 6) is -0.765. The summed E-state index contributed by atoms with van der Waals surface area (Å²) in [5.41, 5.74) is 0.00374. The molecule has 0 aliphatic carbocycles. The molecule has 0 bridgehead atoms. The van der Waals surface area contributed by atoms with E-state index in [1.165, 1.54) is 12.1 Å². The number of carbonyl (C=O) groups is 1. The topological polar surface area (TPSA) is 111 Å². The Hall–Kier alpha value is -3.12. The van der Waals surface area contributed by atoms with E-state index >= 15 is 0 Å². The molecule has 25 heavy (non-hydrogen) atoms. The number of nitrogens with zero attached hydrogens (tertiary/aromatic N) is 4. The molecule has 1 heterocycles. The van der Waals surface area contributed by atoms with Crippen molar-refractivity contribution in [3.63, 3.8) is 0 Å². The molecule has 8 nitrogen and oxygen atoms in total. The molecule has 0 atom stereocenters. The summed E-state index contributed by atoms with van der Waals surface area (Å²) >= 11 is 1.16. The van der Waals surface area contributed by atoms with Crippen molar-refractivity contribution in [1.29, 1.82) is 5.26 Å².